The molecular weight excluding hydrogens is 448 g/mol. The smallest absolute Gasteiger partial charge is 0.0250 e. The molecule has 0 aliphatic heterocycles. The zero-order valence-electron chi connectivity index (χ0n) is 15.4. The molecule has 0 N–H and O–H groups in total. The van der Waals surface area contributed by atoms with Crippen molar-refractivity contribution in [1.29, 1.82) is 0 Å². The first-order chi connectivity index (χ1) is 12.6. The Morgan fingerprint density at radius 1 is 0.692 bits per heavy atom. The van der Waals surface area contributed by atoms with Crippen molar-refractivity contribution in [3.05, 3.63) is 78.7 Å². The van der Waals surface area contributed by atoms with Gasteiger partial charge in [-0.25, -0.2) is 0 Å². The van der Waals surface area contributed by atoms with Crippen LogP contribution in [0.4, 0.5) is 0 Å². The Kier molecular flexibility index (Phi) is 5.25. The Balaban J connectivity index is 1.61. The summed E-state index contributed by atoms with van der Waals surface area (Å²) in [5, 5.41) is 0. The molecule has 2 aliphatic carbocycles. The Hall–Kier alpha value is -1.12. The average Bonchev–Trinajstić information content (AvgIpc) is 3.19. The molecular formula is C24H24Br2. The van der Waals surface area contributed by atoms with Crippen LogP contribution in [0.2, 0.25) is 0 Å². The van der Waals surface area contributed by atoms with Crippen molar-refractivity contribution in [2.45, 2.75) is 51.4 Å². The monoisotopic (exact) mass is 470 g/mol. The van der Waals surface area contributed by atoms with Gasteiger partial charge in [-0.05, 0) is 60.1 Å². The Labute approximate surface area is 173 Å². The number of hydrogen-bond donors (Lipinski definition) is 0. The third-order valence-corrected chi connectivity index (χ3v) is 7.42. The normalized spacial score (nSPS) is 20.6. The molecule has 0 heterocycles. The zero-order valence-corrected chi connectivity index (χ0v) is 18.5. The summed E-state index contributed by atoms with van der Waals surface area (Å²) in [6.07, 6.45) is 9.54. The highest BCUT2D eigenvalue weighted by Gasteiger charge is 2.29. The fourth-order valence-electron chi connectivity index (χ4n) is 4.70. The van der Waals surface area contributed by atoms with Gasteiger partial charge in [0.25, 0.3) is 0 Å². The molecule has 0 nitrogen and oxygen atoms in total. The molecule has 2 atom stereocenters. The van der Waals surface area contributed by atoms with E-state index in [1.54, 1.807) is 11.1 Å². The van der Waals surface area contributed by atoms with E-state index in [0.29, 0.717) is 11.8 Å². The van der Waals surface area contributed by atoms with Crippen LogP contribution in [-0.2, 0) is 0 Å². The van der Waals surface area contributed by atoms with Gasteiger partial charge in [-0.2, -0.15) is 0 Å². The van der Waals surface area contributed by atoms with Crippen molar-refractivity contribution in [2.75, 3.05) is 0 Å². The summed E-state index contributed by atoms with van der Waals surface area (Å²) in [6.45, 7) is 4.58. The van der Waals surface area contributed by atoms with Crippen LogP contribution in [0.3, 0.4) is 0 Å². The van der Waals surface area contributed by atoms with Crippen LogP contribution >= 0.6 is 31.9 Å². The van der Waals surface area contributed by atoms with Gasteiger partial charge in [0, 0.05) is 20.8 Å². The van der Waals surface area contributed by atoms with Gasteiger partial charge in [-0.3, -0.25) is 0 Å². The third kappa shape index (κ3) is 3.05. The van der Waals surface area contributed by atoms with E-state index in [2.05, 4.69) is 94.3 Å². The molecule has 0 saturated heterocycles. The molecule has 0 spiro atoms. The lowest BCUT2D eigenvalue weighted by atomic mass is 9.83. The number of halogens is 2. The van der Waals surface area contributed by atoms with Crippen molar-refractivity contribution in [3.63, 3.8) is 0 Å². The average molecular weight is 472 g/mol. The lowest BCUT2D eigenvalue weighted by Crippen LogP contribution is -2.05. The van der Waals surface area contributed by atoms with Gasteiger partial charge in [-0.1, -0.05) is 93.3 Å². The largest absolute Gasteiger partial charge is 0.0623 e. The topological polar surface area (TPSA) is 0 Å². The van der Waals surface area contributed by atoms with Crippen LogP contribution in [0.1, 0.15) is 73.6 Å². The maximum atomic E-state index is 3.74. The van der Waals surface area contributed by atoms with Gasteiger partial charge in [0.2, 0.25) is 0 Å². The zero-order chi connectivity index (χ0) is 18.3. The van der Waals surface area contributed by atoms with E-state index >= 15 is 0 Å². The summed E-state index contributed by atoms with van der Waals surface area (Å²) in [4.78, 5) is 0. The van der Waals surface area contributed by atoms with Gasteiger partial charge < -0.3 is 0 Å². The first-order valence-corrected chi connectivity index (χ1v) is 11.2. The molecule has 2 aliphatic rings. The second-order valence-electron chi connectivity index (χ2n) is 7.31. The first kappa shape index (κ1) is 18.3. The van der Waals surface area contributed by atoms with Gasteiger partial charge in [0.15, 0.2) is 0 Å². The molecule has 134 valence electrons. The molecule has 0 radical (unpaired) electrons. The van der Waals surface area contributed by atoms with Crippen molar-refractivity contribution in [2.24, 2.45) is 0 Å². The van der Waals surface area contributed by atoms with Crippen LogP contribution in [0, 0.1) is 0 Å². The number of allylic oxidation sites excluding steroid dienone is 2. The number of benzene rings is 2. The minimum absolute atomic E-state index is 0.571. The summed E-state index contributed by atoms with van der Waals surface area (Å²) in [7, 11) is 0. The number of hydrogen-bond acceptors (Lipinski definition) is 0. The fourth-order valence-corrected chi connectivity index (χ4v) is 5.70. The molecule has 2 aromatic rings. The van der Waals surface area contributed by atoms with E-state index in [-0.39, 0.29) is 0 Å². The van der Waals surface area contributed by atoms with Crippen LogP contribution < -0.4 is 0 Å². The maximum Gasteiger partial charge on any atom is 0.0250 e. The molecule has 0 amide bonds. The summed E-state index contributed by atoms with van der Waals surface area (Å²) >= 11 is 7.48. The highest BCUT2D eigenvalue weighted by atomic mass is 79.9. The molecule has 26 heavy (non-hydrogen) atoms. The van der Waals surface area contributed by atoms with E-state index in [4.69, 9.17) is 0 Å². The lowest BCUT2D eigenvalue weighted by Gasteiger charge is -2.21. The molecule has 0 aromatic heterocycles. The minimum atomic E-state index is 0.571. The SMILES string of the molecule is CCC1=Cc2c(Br)cccc2C1CCC1C(CC)=Cc2c(Br)cccc21. The van der Waals surface area contributed by atoms with E-state index in [1.807, 2.05) is 0 Å². The van der Waals surface area contributed by atoms with Gasteiger partial charge >= 0.3 is 0 Å². The summed E-state index contributed by atoms with van der Waals surface area (Å²) in [6, 6.07) is 13.3. The van der Waals surface area contributed by atoms with Crippen LogP contribution in [0.25, 0.3) is 12.2 Å². The molecule has 2 aromatic carbocycles. The fraction of sp³-hybridized carbons (Fsp3) is 0.333. The first-order valence-electron chi connectivity index (χ1n) is 9.61. The molecule has 2 unspecified atom stereocenters. The van der Waals surface area contributed by atoms with Gasteiger partial charge in [0.1, 0.15) is 0 Å². The van der Waals surface area contributed by atoms with E-state index < -0.39 is 0 Å². The van der Waals surface area contributed by atoms with Crippen LogP contribution in [0.15, 0.2) is 56.5 Å². The van der Waals surface area contributed by atoms with E-state index in [0.717, 1.165) is 12.8 Å². The molecule has 4 rings (SSSR count). The predicted octanol–water partition coefficient (Wildman–Crippen LogP) is 8.47. The van der Waals surface area contributed by atoms with Crippen molar-refractivity contribution >= 4 is 44.0 Å². The Morgan fingerprint density at radius 3 is 1.50 bits per heavy atom. The second kappa shape index (κ2) is 7.48. The number of fused-ring (bicyclic) bond motifs is 2. The van der Waals surface area contributed by atoms with Gasteiger partial charge in [-0.15, -0.1) is 0 Å². The molecule has 0 saturated carbocycles. The quantitative estimate of drug-likeness (QED) is 0.410. The summed E-state index contributed by atoms with van der Waals surface area (Å²) in [5.41, 5.74) is 8.98. The Morgan fingerprint density at radius 2 is 1.12 bits per heavy atom. The molecule has 0 bridgehead atoms. The van der Waals surface area contributed by atoms with Crippen molar-refractivity contribution < 1.29 is 0 Å². The standard InChI is InChI=1S/C24H24Br2/c1-3-15-13-21-19(7-5-9-23(21)25)17(15)11-12-18-16(4-2)14-22-20(18)8-6-10-24(22)26/h5-10,13-14,17-18H,3-4,11-12H2,1-2H3. The molecule has 0 fully saturated rings. The number of rotatable bonds is 5. The van der Waals surface area contributed by atoms with Gasteiger partial charge in [0.05, 0.1) is 0 Å². The van der Waals surface area contributed by atoms with Crippen LogP contribution in [-0.4, -0.2) is 0 Å². The third-order valence-electron chi connectivity index (χ3n) is 6.04. The van der Waals surface area contributed by atoms with Crippen molar-refractivity contribution in [3.8, 4) is 0 Å². The van der Waals surface area contributed by atoms with Crippen LogP contribution in [0.5, 0.6) is 0 Å². The summed E-state index contributed by atoms with van der Waals surface area (Å²) in [5.74, 6) is 1.14. The van der Waals surface area contributed by atoms with E-state index in [1.165, 1.54) is 44.0 Å². The summed E-state index contributed by atoms with van der Waals surface area (Å²) < 4.78 is 2.46. The van der Waals surface area contributed by atoms with Crippen molar-refractivity contribution in [1.82, 2.24) is 0 Å². The maximum absolute atomic E-state index is 3.74. The minimum Gasteiger partial charge on any atom is -0.0623 e. The highest BCUT2D eigenvalue weighted by molar-refractivity contribution is 9.10. The predicted molar refractivity (Wildman–Crippen MR) is 120 cm³/mol. The highest BCUT2D eigenvalue weighted by Crippen LogP contribution is 2.48. The lowest BCUT2D eigenvalue weighted by molar-refractivity contribution is 0.596. The second-order valence-corrected chi connectivity index (χ2v) is 9.02. The Bertz CT molecular complexity index is 829. The molecule has 2 heteroatoms. The van der Waals surface area contributed by atoms with E-state index in [9.17, 15) is 0 Å².